The zero-order valence-corrected chi connectivity index (χ0v) is 17.7. The van der Waals surface area contributed by atoms with Gasteiger partial charge >= 0.3 is 0 Å². The van der Waals surface area contributed by atoms with Crippen LogP contribution in [0.25, 0.3) is 10.6 Å². The van der Waals surface area contributed by atoms with Gasteiger partial charge in [-0.2, -0.15) is 0 Å². The molecule has 1 unspecified atom stereocenters. The van der Waals surface area contributed by atoms with E-state index in [0.29, 0.717) is 22.8 Å². The third-order valence-corrected chi connectivity index (χ3v) is 6.14. The van der Waals surface area contributed by atoms with Crippen molar-refractivity contribution in [2.75, 3.05) is 0 Å². The van der Waals surface area contributed by atoms with Gasteiger partial charge in [0.2, 0.25) is 5.82 Å². The first-order valence-corrected chi connectivity index (χ1v) is 9.89. The van der Waals surface area contributed by atoms with Gasteiger partial charge in [0.05, 0.1) is 5.35 Å². The number of aromatic nitrogens is 3. The van der Waals surface area contributed by atoms with Crippen LogP contribution in [0, 0.1) is 34.5 Å². The highest BCUT2D eigenvalue weighted by Gasteiger charge is 2.27. The Morgan fingerprint density at radius 2 is 1.69 bits per heavy atom. The molecule has 29 heavy (non-hydrogen) atoms. The van der Waals surface area contributed by atoms with E-state index in [0.717, 1.165) is 11.8 Å². The van der Waals surface area contributed by atoms with E-state index in [9.17, 15) is 22.0 Å². The van der Waals surface area contributed by atoms with E-state index < -0.39 is 47.2 Å². The molecule has 1 aliphatic carbocycles. The Morgan fingerprint density at radius 1 is 1.10 bits per heavy atom. The summed E-state index contributed by atoms with van der Waals surface area (Å²) in [6, 6.07) is -0.443. The average Bonchev–Trinajstić information content (AvgIpc) is 3.09. The molecule has 1 heterocycles. The third-order valence-electron chi connectivity index (χ3n) is 5.21. The van der Waals surface area contributed by atoms with Crippen LogP contribution in [0.1, 0.15) is 39.2 Å². The van der Waals surface area contributed by atoms with Gasteiger partial charge in [0.25, 0.3) is 0 Å². The second kappa shape index (κ2) is 8.14. The Morgan fingerprint density at radius 3 is 2.28 bits per heavy atom. The molecule has 1 atom stereocenters. The highest BCUT2D eigenvalue weighted by molar-refractivity contribution is 9.15. The summed E-state index contributed by atoms with van der Waals surface area (Å²) < 4.78 is 70.1. The van der Waals surface area contributed by atoms with E-state index in [1.165, 1.54) is 0 Å². The topological polar surface area (TPSA) is 42.7 Å². The van der Waals surface area contributed by atoms with E-state index in [1.807, 2.05) is 6.08 Å². The molecule has 0 saturated heterocycles. The van der Waals surface area contributed by atoms with Crippen molar-refractivity contribution >= 4 is 26.5 Å². The van der Waals surface area contributed by atoms with Crippen LogP contribution >= 0.6 is 15.9 Å². The van der Waals surface area contributed by atoms with E-state index in [4.69, 9.17) is 0 Å². The van der Waals surface area contributed by atoms with Gasteiger partial charge in [0, 0.05) is 29.2 Å². The first-order chi connectivity index (χ1) is 13.6. The van der Waals surface area contributed by atoms with E-state index in [1.54, 1.807) is 4.68 Å². The molecule has 158 valence electrons. The summed E-state index contributed by atoms with van der Waals surface area (Å²) in [6.45, 7) is 6.47. The molecule has 1 aliphatic rings. The minimum atomic E-state index is -2.17. The van der Waals surface area contributed by atoms with Crippen LogP contribution in [-0.2, 0) is 13.1 Å². The fourth-order valence-corrected chi connectivity index (χ4v) is 3.66. The summed E-state index contributed by atoms with van der Waals surface area (Å²) in [7, 11) is 0. The quantitative estimate of drug-likeness (QED) is 0.393. The van der Waals surface area contributed by atoms with E-state index in [2.05, 4.69) is 52.3 Å². The van der Waals surface area contributed by atoms with Crippen LogP contribution in [0.3, 0.4) is 0 Å². The van der Waals surface area contributed by atoms with Crippen molar-refractivity contribution in [3.05, 3.63) is 45.3 Å². The van der Waals surface area contributed by atoms with Gasteiger partial charge in [0.15, 0.2) is 23.3 Å². The van der Waals surface area contributed by atoms with Crippen LogP contribution in [0.4, 0.5) is 22.0 Å². The summed E-state index contributed by atoms with van der Waals surface area (Å²) in [5.41, 5.74) is -0.872. The highest BCUT2D eigenvalue weighted by atomic mass is 79.9. The van der Waals surface area contributed by atoms with Gasteiger partial charge in [0.1, 0.15) is 5.35 Å². The number of halogens is 6. The van der Waals surface area contributed by atoms with Crippen LogP contribution in [0.2, 0.25) is 0 Å². The van der Waals surface area contributed by atoms with Crippen LogP contribution in [0.15, 0.2) is 0 Å². The lowest BCUT2D eigenvalue weighted by molar-refractivity contribution is 0.274. The average molecular weight is 479 g/mol. The Kier molecular flexibility index (Phi) is 6.14. The maximum atomic E-state index is 13.9. The fraction of sp³-hybridized carbons (Fsp3) is 0.474. The van der Waals surface area contributed by atoms with Crippen LogP contribution in [0.5, 0.6) is 0 Å². The molecule has 1 aromatic heterocycles. The molecule has 0 saturated carbocycles. The number of nitrogens with zero attached hydrogens (tertiary/aromatic N) is 3. The number of nitrogens with one attached hydrogen (secondary N) is 1. The Bertz CT molecular complexity index is 1030. The number of benzene rings is 1. The Hall–Kier alpha value is -1.81. The molecule has 3 rings (SSSR count). The SMILES string of the molecule is CCC(C)(C)Cn1nnc2c1=CCC(NCc1c(F)c(F)c(F)c(F)c1F)C=2Br. The maximum absolute atomic E-state index is 13.9. The minimum Gasteiger partial charge on any atom is -0.305 e. The second-order valence-electron chi connectivity index (χ2n) is 7.77. The van der Waals surface area contributed by atoms with Gasteiger partial charge in [-0.1, -0.05) is 48.0 Å². The minimum absolute atomic E-state index is 0.0304. The van der Waals surface area contributed by atoms with Gasteiger partial charge in [-0.3, -0.25) is 0 Å². The summed E-state index contributed by atoms with van der Waals surface area (Å²) in [5.74, 6) is -9.75. The molecular weight excluding hydrogens is 459 g/mol. The number of rotatable bonds is 6. The first kappa shape index (κ1) is 21.9. The summed E-state index contributed by atoms with van der Waals surface area (Å²) in [5, 5.41) is 12.6. The lowest BCUT2D eigenvalue weighted by atomic mass is 9.90. The van der Waals surface area contributed by atoms with Crippen molar-refractivity contribution in [1.29, 1.82) is 0 Å². The molecule has 2 aromatic rings. The number of hydrogen-bond acceptors (Lipinski definition) is 3. The van der Waals surface area contributed by atoms with Crippen molar-refractivity contribution in [2.45, 2.75) is 52.7 Å². The molecule has 0 bridgehead atoms. The zero-order valence-electron chi connectivity index (χ0n) is 16.1. The molecule has 0 spiro atoms. The first-order valence-electron chi connectivity index (χ1n) is 9.10. The Labute approximate surface area is 172 Å². The molecule has 0 radical (unpaired) electrons. The summed E-state index contributed by atoms with van der Waals surface area (Å²) >= 11 is 3.44. The highest BCUT2D eigenvalue weighted by Crippen LogP contribution is 2.24. The number of fused-ring (bicyclic) bond motifs is 1. The predicted molar refractivity (Wildman–Crippen MR) is 102 cm³/mol. The molecule has 0 fully saturated rings. The molecular formula is C19H20BrF5N4. The van der Waals surface area contributed by atoms with E-state index in [-0.39, 0.29) is 5.41 Å². The predicted octanol–water partition coefficient (Wildman–Crippen LogP) is 3.26. The van der Waals surface area contributed by atoms with Crippen molar-refractivity contribution in [1.82, 2.24) is 20.3 Å². The van der Waals surface area contributed by atoms with Crippen molar-refractivity contribution < 1.29 is 22.0 Å². The standard InChI is InChI=1S/C19H20BrF5N4/c1-4-19(2,3)8-29-11-6-5-10(12(20)18(11)27-28-29)26-7-9-13(21)15(23)17(25)16(24)14(9)22/h6,10,26H,4-5,7-8H2,1-3H3. The van der Waals surface area contributed by atoms with Gasteiger partial charge < -0.3 is 5.32 Å². The van der Waals surface area contributed by atoms with Crippen molar-refractivity contribution in [3.63, 3.8) is 0 Å². The van der Waals surface area contributed by atoms with Crippen LogP contribution < -0.4 is 16.0 Å². The number of hydrogen-bond donors (Lipinski definition) is 1. The molecule has 4 nitrogen and oxygen atoms in total. The molecule has 0 amide bonds. The molecule has 1 aromatic carbocycles. The smallest absolute Gasteiger partial charge is 0.200 e. The van der Waals surface area contributed by atoms with Gasteiger partial charge in [-0.25, -0.2) is 26.6 Å². The summed E-state index contributed by atoms with van der Waals surface area (Å²) in [6.07, 6.45) is 3.28. The largest absolute Gasteiger partial charge is 0.305 e. The summed E-state index contributed by atoms with van der Waals surface area (Å²) in [4.78, 5) is 0. The monoisotopic (exact) mass is 478 g/mol. The fourth-order valence-electron chi connectivity index (χ4n) is 3.03. The van der Waals surface area contributed by atoms with Crippen molar-refractivity contribution in [2.24, 2.45) is 5.41 Å². The van der Waals surface area contributed by atoms with Crippen molar-refractivity contribution in [3.8, 4) is 0 Å². The molecule has 10 heteroatoms. The van der Waals surface area contributed by atoms with Gasteiger partial charge in [-0.15, -0.1) is 5.10 Å². The normalized spacial score (nSPS) is 16.7. The Balaban J connectivity index is 1.85. The zero-order chi connectivity index (χ0) is 21.5. The lowest BCUT2D eigenvalue weighted by Crippen LogP contribution is -2.42. The van der Waals surface area contributed by atoms with Crippen LogP contribution in [-0.4, -0.2) is 21.0 Å². The maximum Gasteiger partial charge on any atom is 0.200 e. The lowest BCUT2D eigenvalue weighted by Gasteiger charge is -2.23. The van der Waals surface area contributed by atoms with E-state index >= 15 is 0 Å². The third kappa shape index (κ3) is 4.09. The second-order valence-corrected chi connectivity index (χ2v) is 8.62. The van der Waals surface area contributed by atoms with Gasteiger partial charge in [-0.05, 0) is 18.3 Å². The molecule has 1 N–H and O–H groups in total. The molecule has 0 aliphatic heterocycles.